The summed E-state index contributed by atoms with van der Waals surface area (Å²) in [5.41, 5.74) is 3.39. The number of aromatic nitrogens is 1. The van der Waals surface area contributed by atoms with E-state index in [4.69, 9.17) is 0 Å². The van der Waals surface area contributed by atoms with Crippen molar-refractivity contribution in [2.45, 2.75) is 57.2 Å². The normalized spacial score (nSPS) is 31.5. The van der Waals surface area contributed by atoms with E-state index >= 15 is 0 Å². The zero-order valence-corrected chi connectivity index (χ0v) is 20.2. The molecule has 4 atom stereocenters. The Balaban J connectivity index is 1.23. The van der Waals surface area contributed by atoms with Crippen LogP contribution in [0.4, 0.5) is 0 Å². The number of nitrogens with zero attached hydrogens (tertiary/aromatic N) is 3. The Morgan fingerprint density at radius 3 is 2.69 bits per heavy atom. The van der Waals surface area contributed by atoms with E-state index in [1.807, 2.05) is 0 Å². The molecule has 1 aromatic heterocycles. The fourth-order valence-electron chi connectivity index (χ4n) is 6.99. The number of amides is 1. The molecule has 5 heteroatoms. The zero-order chi connectivity index (χ0) is 21.7. The minimum absolute atomic E-state index is 0.304. The van der Waals surface area contributed by atoms with Crippen LogP contribution in [0.5, 0.6) is 0 Å². The first-order valence-electron chi connectivity index (χ1n) is 12.3. The van der Waals surface area contributed by atoms with Crippen molar-refractivity contribution in [1.82, 2.24) is 14.4 Å². The summed E-state index contributed by atoms with van der Waals surface area (Å²) in [6.07, 6.45) is 11.5. The van der Waals surface area contributed by atoms with Crippen LogP contribution in [-0.2, 0) is 11.3 Å². The molecule has 168 valence electrons. The van der Waals surface area contributed by atoms with Gasteiger partial charge in [0.15, 0.2) is 0 Å². The third kappa shape index (κ3) is 3.67. The highest BCUT2D eigenvalue weighted by Crippen LogP contribution is 2.45. The first kappa shape index (κ1) is 20.7. The summed E-state index contributed by atoms with van der Waals surface area (Å²) >= 11 is 3.51. The number of hydrogen-bond acceptors (Lipinski definition) is 2. The van der Waals surface area contributed by atoms with Crippen LogP contribution in [0.2, 0.25) is 0 Å². The Labute approximate surface area is 199 Å². The highest BCUT2D eigenvalue weighted by atomic mass is 79.9. The van der Waals surface area contributed by atoms with Crippen molar-refractivity contribution in [3.8, 4) is 0 Å². The third-order valence-corrected chi connectivity index (χ3v) is 8.90. The second kappa shape index (κ2) is 8.49. The molecule has 4 aliphatic rings. The maximum absolute atomic E-state index is 13.7. The molecule has 0 radical (unpaired) electrons. The van der Waals surface area contributed by atoms with Crippen LogP contribution in [0.1, 0.15) is 49.8 Å². The minimum atomic E-state index is 0.304. The van der Waals surface area contributed by atoms with Crippen LogP contribution in [0.25, 0.3) is 6.08 Å². The average Bonchev–Trinajstić information content (AvgIpc) is 3.24. The number of hydrogen-bond donors (Lipinski definition) is 0. The van der Waals surface area contributed by atoms with Gasteiger partial charge in [-0.25, -0.2) is 0 Å². The van der Waals surface area contributed by atoms with Crippen molar-refractivity contribution in [3.05, 3.63) is 63.9 Å². The fraction of sp³-hybridized carbons (Fsp3) is 0.519. The van der Waals surface area contributed by atoms with E-state index in [1.54, 1.807) is 0 Å². The van der Waals surface area contributed by atoms with Gasteiger partial charge in [0.2, 0.25) is 5.91 Å². The van der Waals surface area contributed by atoms with Gasteiger partial charge in [-0.1, -0.05) is 28.1 Å². The second-order valence-corrected chi connectivity index (χ2v) is 11.1. The van der Waals surface area contributed by atoms with Crippen LogP contribution in [-0.4, -0.2) is 52.0 Å². The summed E-state index contributed by atoms with van der Waals surface area (Å²) in [7, 11) is 0. The van der Waals surface area contributed by atoms with Crippen molar-refractivity contribution in [3.63, 3.8) is 0 Å². The number of piperidine rings is 4. The molecule has 4 aliphatic heterocycles. The van der Waals surface area contributed by atoms with Gasteiger partial charge < -0.3 is 9.47 Å². The zero-order valence-electron chi connectivity index (χ0n) is 18.6. The summed E-state index contributed by atoms with van der Waals surface area (Å²) in [4.78, 5) is 18.7. The van der Waals surface area contributed by atoms with Gasteiger partial charge in [0.1, 0.15) is 0 Å². The van der Waals surface area contributed by atoms with Crippen molar-refractivity contribution >= 4 is 27.9 Å². The minimum Gasteiger partial charge on any atom is -0.344 e. The van der Waals surface area contributed by atoms with Crippen molar-refractivity contribution < 1.29 is 4.79 Å². The van der Waals surface area contributed by atoms with Gasteiger partial charge >= 0.3 is 0 Å². The maximum Gasteiger partial charge on any atom is 0.250 e. The molecule has 32 heavy (non-hydrogen) atoms. The first-order valence-corrected chi connectivity index (χ1v) is 13.1. The Bertz CT molecular complexity index is 1020. The summed E-state index contributed by atoms with van der Waals surface area (Å²) in [5, 5.41) is 0. The van der Waals surface area contributed by atoms with Crippen LogP contribution in [0, 0.1) is 11.8 Å². The molecular formula is C27H32BrN3O. The lowest BCUT2D eigenvalue weighted by Gasteiger charge is -2.58. The number of benzene rings is 1. The predicted octanol–water partition coefficient (Wildman–Crippen LogP) is 5.18. The second-order valence-electron chi connectivity index (χ2n) is 10.2. The van der Waals surface area contributed by atoms with Gasteiger partial charge in [0, 0.05) is 47.1 Å². The maximum atomic E-state index is 13.7. The van der Waals surface area contributed by atoms with E-state index in [1.165, 1.54) is 44.3 Å². The Kier molecular flexibility index (Phi) is 5.50. The lowest BCUT2D eigenvalue weighted by molar-refractivity contribution is -0.145. The van der Waals surface area contributed by atoms with Crippen LogP contribution in [0.3, 0.4) is 0 Å². The smallest absolute Gasteiger partial charge is 0.250 e. The van der Waals surface area contributed by atoms with Crippen LogP contribution < -0.4 is 0 Å². The summed E-state index contributed by atoms with van der Waals surface area (Å²) < 4.78 is 3.35. The molecule has 4 saturated heterocycles. The quantitative estimate of drug-likeness (QED) is 0.551. The largest absolute Gasteiger partial charge is 0.344 e. The molecule has 5 heterocycles. The molecule has 4 fully saturated rings. The standard InChI is InChI=1S/C27H32BrN3O/c28-22-10-7-19(8-11-22)17-30-15-2-5-23(30)16-20-9-12-25-24-6-3-14-29-13-1-4-21(26(24)29)18-31(25)27(20)32/h2,5,7-8,10-11,15-16,21,24-26H,1,3-4,6,9,12-14,17-18H2/b20-16+/t21-,24+,25+,26-/m0/s1. The van der Waals surface area contributed by atoms with Crippen LogP contribution in [0.15, 0.2) is 52.6 Å². The van der Waals surface area contributed by atoms with Crippen molar-refractivity contribution in [2.24, 2.45) is 11.8 Å². The molecule has 0 bridgehead atoms. The number of carbonyl (C=O) groups is 1. The molecule has 0 unspecified atom stereocenters. The highest BCUT2D eigenvalue weighted by Gasteiger charge is 2.51. The molecule has 0 spiro atoms. The van der Waals surface area contributed by atoms with Gasteiger partial charge in [0.25, 0.3) is 0 Å². The predicted molar refractivity (Wildman–Crippen MR) is 131 cm³/mol. The van der Waals surface area contributed by atoms with Gasteiger partial charge in [-0.15, -0.1) is 0 Å². The Hall–Kier alpha value is -1.85. The Morgan fingerprint density at radius 2 is 1.84 bits per heavy atom. The number of carbonyl (C=O) groups excluding carboxylic acids is 1. The topological polar surface area (TPSA) is 28.5 Å². The van der Waals surface area contributed by atoms with Gasteiger partial charge in [-0.3, -0.25) is 9.69 Å². The lowest BCUT2D eigenvalue weighted by atomic mass is 9.67. The molecule has 1 amide bonds. The van der Waals surface area contributed by atoms with E-state index in [0.717, 1.165) is 47.7 Å². The van der Waals surface area contributed by atoms with Crippen molar-refractivity contribution in [2.75, 3.05) is 19.6 Å². The molecule has 6 rings (SSSR count). The average molecular weight is 494 g/mol. The van der Waals surface area contributed by atoms with E-state index in [-0.39, 0.29) is 0 Å². The molecule has 0 saturated carbocycles. The molecule has 4 nitrogen and oxygen atoms in total. The lowest BCUT2D eigenvalue weighted by Crippen LogP contribution is -2.66. The Morgan fingerprint density at radius 1 is 1.03 bits per heavy atom. The number of fused-ring (bicyclic) bond motifs is 2. The molecular weight excluding hydrogens is 462 g/mol. The molecule has 0 aliphatic carbocycles. The van der Waals surface area contributed by atoms with Gasteiger partial charge in [0.05, 0.1) is 0 Å². The van der Waals surface area contributed by atoms with Gasteiger partial charge in [-0.2, -0.15) is 0 Å². The SMILES string of the molecule is O=C1/C(=C/c2cccn2Cc2ccc(Br)cc2)CC[C@@H]2[C@H]3CCCN4CCC[C@@H](CN12)[C@@H]34. The van der Waals surface area contributed by atoms with E-state index in [9.17, 15) is 4.79 Å². The van der Waals surface area contributed by atoms with Crippen LogP contribution >= 0.6 is 15.9 Å². The molecule has 2 aromatic rings. The third-order valence-electron chi connectivity index (χ3n) is 8.37. The fourth-order valence-corrected chi connectivity index (χ4v) is 7.26. The van der Waals surface area contributed by atoms with E-state index in [0.29, 0.717) is 23.8 Å². The summed E-state index contributed by atoms with van der Waals surface area (Å²) in [6, 6.07) is 13.9. The van der Waals surface area contributed by atoms with Gasteiger partial charge in [-0.05, 0) is 99.4 Å². The highest BCUT2D eigenvalue weighted by molar-refractivity contribution is 9.10. The number of halogens is 1. The summed E-state index contributed by atoms with van der Waals surface area (Å²) in [5.74, 6) is 1.67. The monoisotopic (exact) mass is 493 g/mol. The number of rotatable bonds is 3. The van der Waals surface area contributed by atoms with E-state index in [2.05, 4.69) is 79.0 Å². The van der Waals surface area contributed by atoms with E-state index < -0.39 is 0 Å². The first-order chi connectivity index (χ1) is 15.7. The summed E-state index contributed by atoms with van der Waals surface area (Å²) in [6.45, 7) is 4.34. The van der Waals surface area contributed by atoms with Crippen molar-refractivity contribution in [1.29, 1.82) is 0 Å². The molecule has 1 aromatic carbocycles. The molecule has 0 N–H and O–H groups in total.